The molecule has 28 heavy (non-hydrogen) atoms. The van der Waals surface area contributed by atoms with Gasteiger partial charge in [0.25, 0.3) is 0 Å². The maximum absolute atomic E-state index is 13.4. The molecule has 4 nitrogen and oxygen atoms in total. The van der Waals surface area contributed by atoms with Gasteiger partial charge in [0.2, 0.25) is 5.91 Å². The molecule has 1 unspecified atom stereocenters. The molecule has 1 saturated heterocycles. The first-order valence-corrected chi connectivity index (χ1v) is 9.92. The number of rotatable bonds is 8. The fourth-order valence-electron chi connectivity index (χ4n) is 3.40. The van der Waals surface area contributed by atoms with E-state index in [1.165, 1.54) is 11.1 Å². The minimum absolute atomic E-state index is 0.0240. The van der Waals surface area contributed by atoms with Crippen LogP contribution in [-0.4, -0.2) is 25.6 Å². The van der Waals surface area contributed by atoms with Gasteiger partial charge in [-0.05, 0) is 62.2 Å². The van der Waals surface area contributed by atoms with E-state index in [0.717, 1.165) is 30.1 Å². The molecule has 1 amide bonds. The molecular formula is C24H30N2O2. The van der Waals surface area contributed by atoms with Crippen LogP contribution >= 0.6 is 0 Å². The van der Waals surface area contributed by atoms with Crippen molar-refractivity contribution in [2.24, 2.45) is 11.8 Å². The molecule has 1 N–H and O–H groups in total. The average Bonchev–Trinajstić information content (AvgIpc) is 2.65. The van der Waals surface area contributed by atoms with E-state index in [0.29, 0.717) is 19.1 Å². The zero-order valence-corrected chi connectivity index (χ0v) is 17.1. The maximum atomic E-state index is 13.4. The first-order chi connectivity index (χ1) is 13.5. The molecule has 1 aliphatic heterocycles. The highest BCUT2D eigenvalue weighted by molar-refractivity contribution is 5.95. The number of carbonyl (C=O) groups is 1. The van der Waals surface area contributed by atoms with Gasteiger partial charge in [0.05, 0.1) is 6.54 Å². The third kappa shape index (κ3) is 4.45. The van der Waals surface area contributed by atoms with Crippen LogP contribution in [0.25, 0.3) is 0 Å². The van der Waals surface area contributed by atoms with Gasteiger partial charge in [-0.1, -0.05) is 43.8 Å². The molecule has 1 atom stereocenters. The number of hydrogen-bond donors (Lipinski definition) is 1. The Balaban J connectivity index is 1.93. The number of nitrogens with zero attached hydrogens (tertiary/aromatic N) is 1. The molecule has 148 valence electrons. The van der Waals surface area contributed by atoms with Crippen molar-refractivity contribution >= 4 is 11.6 Å². The molecule has 0 radical (unpaired) electrons. The van der Waals surface area contributed by atoms with E-state index in [2.05, 4.69) is 37.9 Å². The third-order valence-corrected chi connectivity index (χ3v) is 5.64. The highest BCUT2D eigenvalue weighted by Gasteiger charge is 2.32. The summed E-state index contributed by atoms with van der Waals surface area (Å²) >= 11 is 0. The second kappa shape index (κ2) is 9.07. The van der Waals surface area contributed by atoms with Crippen molar-refractivity contribution < 1.29 is 9.53 Å². The van der Waals surface area contributed by atoms with Crippen molar-refractivity contribution in [2.75, 3.05) is 24.6 Å². The van der Waals surface area contributed by atoms with E-state index in [-0.39, 0.29) is 11.8 Å². The summed E-state index contributed by atoms with van der Waals surface area (Å²) in [6, 6.07) is 14.1. The topological polar surface area (TPSA) is 41.6 Å². The van der Waals surface area contributed by atoms with Crippen LogP contribution in [0.3, 0.4) is 0 Å². The molecule has 0 bridgehead atoms. The van der Waals surface area contributed by atoms with Crippen LogP contribution in [0.4, 0.5) is 5.69 Å². The zero-order chi connectivity index (χ0) is 20.1. The van der Waals surface area contributed by atoms with E-state index in [9.17, 15) is 4.79 Å². The Morgan fingerprint density at radius 1 is 1.25 bits per heavy atom. The molecule has 4 heteroatoms. The molecule has 0 spiro atoms. The molecule has 3 rings (SSSR count). The molecule has 1 aliphatic rings. The van der Waals surface area contributed by atoms with Gasteiger partial charge in [-0.15, -0.1) is 0 Å². The number of amides is 1. The van der Waals surface area contributed by atoms with Crippen molar-refractivity contribution in [3.8, 4) is 5.75 Å². The van der Waals surface area contributed by atoms with E-state index in [4.69, 9.17) is 4.74 Å². The van der Waals surface area contributed by atoms with Gasteiger partial charge in [0.1, 0.15) is 12.4 Å². The van der Waals surface area contributed by atoms with Crippen LogP contribution < -0.4 is 15.0 Å². The van der Waals surface area contributed by atoms with E-state index in [1.807, 2.05) is 42.2 Å². The summed E-state index contributed by atoms with van der Waals surface area (Å²) in [5, 5.41) is 3.27. The van der Waals surface area contributed by atoms with Crippen molar-refractivity contribution in [3.63, 3.8) is 0 Å². The minimum atomic E-state index is -0.0240. The van der Waals surface area contributed by atoms with Gasteiger partial charge in [0.15, 0.2) is 0 Å². The van der Waals surface area contributed by atoms with Crippen LogP contribution in [0, 0.1) is 25.7 Å². The largest absolute Gasteiger partial charge is 0.489 e. The lowest BCUT2D eigenvalue weighted by molar-refractivity contribution is -0.124. The highest BCUT2D eigenvalue weighted by Crippen LogP contribution is 2.28. The maximum Gasteiger partial charge on any atom is 0.230 e. The lowest BCUT2D eigenvalue weighted by Gasteiger charge is -2.35. The van der Waals surface area contributed by atoms with Crippen LogP contribution in [-0.2, 0) is 11.3 Å². The lowest BCUT2D eigenvalue weighted by atomic mass is 9.87. The summed E-state index contributed by atoms with van der Waals surface area (Å²) in [6.45, 7) is 12.7. The van der Waals surface area contributed by atoms with Gasteiger partial charge < -0.3 is 15.0 Å². The minimum Gasteiger partial charge on any atom is -0.489 e. The van der Waals surface area contributed by atoms with Crippen LogP contribution in [0.2, 0.25) is 0 Å². The Bertz CT molecular complexity index is 842. The molecular weight excluding hydrogens is 348 g/mol. The molecule has 2 aromatic rings. The molecule has 1 fully saturated rings. The molecule has 0 aliphatic carbocycles. The number of ether oxygens (including phenoxy) is 1. The Labute approximate surface area is 168 Å². The Hall–Kier alpha value is -2.59. The number of nitrogens with one attached hydrogen (secondary N) is 1. The number of anilines is 1. The van der Waals surface area contributed by atoms with Crippen LogP contribution in [0.1, 0.15) is 23.6 Å². The highest BCUT2D eigenvalue weighted by atomic mass is 16.5. The van der Waals surface area contributed by atoms with E-state index in [1.54, 1.807) is 6.08 Å². The smallest absolute Gasteiger partial charge is 0.230 e. The van der Waals surface area contributed by atoms with Crippen molar-refractivity contribution in [2.45, 2.75) is 27.3 Å². The quantitative estimate of drug-likeness (QED) is 0.698. The summed E-state index contributed by atoms with van der Waals surface area (Å²) in [5.74, 6) is 1.33. The second-order valence-electron chi connectivity index (χ2n) is 7.61. The summed E-state index contributed by atoms with van der Waals surface area (Å²) in [5.41, 5.74) is 4.34. The SMILES string of the molecule is C=CCOc1ccccc1CN(C(=O)C(C)C1CNC1)c1ccc(C)c(C)c1. The number of para-hydroxylation sites is 1. The van der Waals surface area contributed by atoms with E-state index >= 15 is 0 Å². The monoisotopic (exact) mass is 378 g/mol. The van der Waals surface area contributed by atoms with Gasteiger partial charge in [0, 0.05) is 17.2 Å². The normalized spacial score (nSPS) is 14.8. The van der Waals surface area contributed by atoms with Crippen LogP contribution in [0.5, 0.6) is 5.75 Å². The molecule has 0 saturated carbocycles. The third-order valence-electron chi connectivity index (χ3n) is 5.64. The summed E-state index contributed by atoms with van der Waals surface area (Å²) in [7, 11) is 0. The number of carbonyl (C=O) groups excluding carboxylic acids is 1. The fraction of sp³-hybridized carbons (Fsp3) is 0.375. The zero-order valence-electron chi connectivity index (χ0n) is 17.1. The first kappa shape index (κ1) is 20.2. The predicted octanol–water partition coefficient (Wildman–Crippen LogP) is 4.26. The average molecular weight is 379 g/mol. The Morgan fingerprint density at radius 3 is 2.64 bits per heavy atom. The number of benzene rings is 2. The van der Waals surface area contributed by atoms with Crippen molar-refractivity contribution in [1.82, 2.24) is 5.32 Å². The van der Waals surface area contributed by atoms with Gasteiger partial charge in [-0.2, -0.15) is 0 Å². The number of hydrogen-bond acceptors (Lipinski definition) is 3. The van der Waals surface area contributed by atoms with Gasteiger partial charge in [-0.25, -0.2) is 0 Å². The van der Waals surface area contributed by atoms with Crippen molar-refractivity contribution in [1.29, 1.82) is 0 Å². The summed E-state index contributed by atoms with van der Waals surface area (Å²) in [6.07, 6.45) is 1.73. The first-order valence-electron chi connectivity index (χ1n) is 9.92. The molecule has 2 aromatic carbocycles. The summed E-state index contributed by atoms with van der Waals surface area (Å²) in [4.78, 5) is 15.4. The lowest BCUT2D eigenvalue weighted by Crippen LogP contribution is -2.50. The molecule has 1 heterocycles. The van der Waals surface area contributed by atoms with E-state index < -0.39 is 0 Å². The molecule has 0 aromatic heterocycles. The standard InChI is InChI=1S/C24H30N2O2/c1-5-12-28-23-9-7-6-8-20(23)16-26(22-11-10-17(2)18(3)13-22)24(27)19(4)21-14-25-15-21/h5-11,13,19,21,25H,1,12,14-16H2,2-4H3. The predicted molar refractivity (Wildman–Crippen MR) is 115 cm³/mol. The van der Waals surface area contributed by atoms with Crippen molar-refractivity contribution in [3.05, 3.63) is 71.8 Å². The van der Waals surface area contributed by atoms with Crippen LogP contribution in [0.15, 0.2) is 55.1 Å². The fourth-order valence-corrected chi connectivity index (χ4v) is 3.40. The van der Waals surface area contributed by atoms with Gasteiger partial charge >= 0.3 is 0 Å². The van der Waals surface area contributed by atoms with Gasteiger partial charge in [-0.3, -0.25) is 4.79 Å². The summed E-state index contributed by atoms with van der Waals surface area (Å²) < 4.78 is 5.82. The second-order valence-corrected chi connectivity index (χ2v) is 7.61. The Kier molecular flexibility index (Phi) is 6.53. The Morgan fingerprint density at radius 2 is 2.00 bits per heavy atom. The number of aryl methyl sites for hydroxylation is 2.